The molecule has 2 aromatic carbocycles. The minimum absolute atomic E-state index is 0.152. The predicted octanol–water partition coefficient (Wildman–Crippen LogP) is 3.53. The van der Waals surface area contributed by atoms with Crippen LogP contribution >= 0.6 is 0 Å². The van der Waals surface area contributed by atoms with Crippen LogP contribution in [0.4, 0.5) is 0 Å². The van der Waals surface area contributed by atoms with Gasteiger partial charge in [-0.2, -0.15) is 0 Å². The van der Waals surface area contributed by atoms with E-state index in [1.807, 2.05) is 24.3 Å². The molecule has 1 N–H and O–H groups in total. The zero-order chi connectivity index (χ0) is 25.3. The molecule has 4 aromatic rings. The molecule has 0 saturated heterocycles. The lowest BCUT2D eigenvalue weighted by Crippen LogP contribution is -2.24. The van der Waals surface area contributed by atoms with Gasteiger partial charge in [-0.3, -0.25) is 9.69 Å². The van der Waals surface area contributed by atoms with Gasteiger partial charge in [0.15, 0.2) is 5.65 Å². The van der Waals surface area contributed by atoms with Gasteiger partial charge in [0.2, 0.25) is 5.82 Å². The van der Waals surface area contributed by atoms with Crippen molar-refractivity contribution in [3.63, 3.8) is 0 Å². The standard InChI is InChI=1S/C27H32N6O3/c1-28-27(34)25-30-24(26-29-15-17-33(26)31-25)6-4-5-16-32(18-20-7-11-22(35-2)12-8-20)19-21-9-13-23(36-3)14-10-21/h7-15,17H,4-6,16,18-19H2,1-3H3,(H,28,34). The SMILES string of the molecule is CNC(=O)c1nc(CCCCN(Cc2ccc(OC)cc2)Cc2ccc(OC)cc2)c2nccn2n1. The van der Waals surface area contributed by atoms with E-state index in [-0.39, 0.29) is 11.7 Å². The Morgan fingerprint density at radius 2 is 1.56 bits per heavy atom. The van der Waals surface area contributed by atoms with Crippen molar-refractivity contribution in [2.45, 2.75) is 32.4 Å². The van der Waals surface area contributed by atoms with Crippen LogP contribution in [0.5, 0.6) is 11.5 Å². The Labute approximate surface area is 211 Å². The van der Waals surface area contributed by atoms with Gasteiger partial charge in [-0.25, -0.2) is 14.5 Å². The van der Waals surface area contributed by atoms with Gasteiger partial charge in [-0.05, 0) is 61.2 Å². The van der Waals surface area contributed by atoms with E-state index in [2.05, 4.69) is 49.5 Å². The van der Waals surface area contributed by atoms with Gasteiger partial charge in [0, 0.05) is 32.5 Å². The molecule has 0 bridgehead atoms. The smallest absolute Gasteiger partial charge is 0.290 e. The molecule has 0 spiro atoms. The number of amides is 1. The second-order valence-electron chi connectivity index (χ2n) is 8.52. The van der Waals surface area contributed by atoms with Crippen molar-refractivity contribution >= 4 is 11.6 Å². The summed E-state index contributed by atoms with van der Waals surface area (Å²) >= 11 is 0. The number of carbonyl (C=O) groups excluding carboxylic acids is 1. The highest BCUT2D eigenvalue weighted by Crippen LogP contribution is 2.18. The van der Waals surface area contributed by atoms with Gasteiger partial charge < -0.3 is 14.8 Å². The maximum Gasteiger partial charge on any atom is 0.290 e. The number of fused-ring (bicyclic) bond motifs is 1. The summed E-state index contributed by atoms with van der Waals surface area (Å²) in [7, 11) is 4.93. The number of aromatic nitrogens is 4. The van der Waals surface area contributed by atoms with E-state index in [1.54, 1.807) is 38.2 Å². The normalized spacial score (nSPS) is 11.1. The number of ether oxygens (including phenoxy) is 2. The van der Waals surface area contributed by atoms with E-state index < -0.39 is 0 Å². The van der Waals surface area contributed by atoms with Gasteiger partial charge in [0.1, 0.15) is 11.5 Å². The summed E-state index contributed by atoms with van der Waals surface area (Å²) in [6, 6.07) is 16.4. The van der Waals surface area contributed by atoms with Crippen LogP contribution in [-0.4, -0.2) is 58.2 Å². The number of imidazole rings is 1. The lowest BCUT2D eigenvalue weighted by molar-refractivity contribution is 0.0951. The zero-order valence-corrected chi connectivity index (χ0v) is 21.0. The molecule has 2 aromatic heterocycles. The molecule has 9 nitrogen and oxygen atoms in total. The monoisotopic (exact) mass is 488 g/mol. The third-order valence-corrected chi connectivity index (χ3v) is 6.02. The number of unbranched alkanes of at least 4 members (excludes halogenated alkanes) is 1. The molecular weight excluding hydrogens is 456 g/mol. The van der Waals surface area contributed by atoms with Crippen LogP contribution in [0.1, 0.15) is 40.3 Å². The summed E-state index contributed by atoms with van der Waals surface area (Å²) in [4.78, 5) is 23.4. The number of methoxy groups -OCH3 is 2. The third kappa shape index (κ3) is 6.37. The first kappa shape index (κ1) is 25.1. The summed E-state index contributed by atoms with van der Waals surface area (Å²) in [5, 5.41) is 6.83. The lowest BCUT2D eigenvalue weighted by atomic mass is 10.1. The highest BCUT2D eigenvalue weighted by molar-refractivity contribution is 5.90. The van der Waals surface area contributed by atoms with Crippen molar-refractivity contribution in [1.29, 1.82) is 0 Å². The number of hydrogen-bond acceptors (Lipinski definition) is 7. The van der Waals surface area contributed by atoms with Crippen LogP contribution in [0.3, 0.4) is 0 Å². The van der Waals surface area contributed by atoms with Gasteiger partial charge >= 0.3 is 0 Å². The zero-order valence-electron chi connectivity index (χ0n) is 21.0. The minimum atomic E-state index is -0.308. The molecule has 0 radical (unpaired) electrons. The summed E-state index contributed by atoms with van der Waals surface area (Å²) in [5.41, 5.74) is 3.94. The van der Waals surface area contributed by atoms with Crippen molar-refractivity contribution < 1.29 is 14.3 Å². The molecule has 0 atom stereocenters. The first-order valence-electron chi connectivity index (χ1n) is 12.0. The minimum Gasteiger partial charge on any atom is -0.497 e. The van der Waals surface area contributed by atoms with Gasteiger partial charge in [0.25, 0.3) is 5.91 Å². The molecule has 0 aliphatic heterocycles. The van der Waals surface area contributed by atoms with E-state index >= 15 is 0 Å². The molecular formula is C27H32N6O3. The Kier molecular flexibility index (Phi) is 8.46. The maximum atomic E-state index is 12.1. The molecule has 0 aliphatic rings. The number of rotatable bonds is 12. The Morgan fingerprint density at radius 3 is 2.11 bits per heavy atom. The van der Waals surface area contributed by atoms with Gasteiger partial charge in [-0.15, -0.1) is 5.10 Å². The highest BCUT2D eigenvalue weighted by atomic mass is 16.5. The fourth-order valence-electron chi connectivity index (χ4n) is 4.08. The van der Waals surface area contributed by atoms with E-state index in [4.69, 9.17) is 9.47 Å². The molecule has 4 rings (SSSR count). The lowest BCUT2D eigenvalue weighted by Gasteiger charge is -2.23. The molecule has 9 heteroatoms. The molecule has 188 valence electrons. The largest absolute Gasteiger partial charge is 0.497 e. The Hall–Kier alpha value is -3.98. The molecule has 0 unspecified atom stereocenters. The van der Waals surface area contributed by atoms with Crippen LogP contribution < -0.4 is 14.8 Å². The first-order chi connectivity index (χ1) is 17.6. The molecule has 0 saturated carbocycles. The third-order valence-electron chi connectivity index (χ3n) is 6.02. The van der Waals surface area contributed by atoms with Crippen molar-refractivity contribution in [2.75, 3.05) is 27.8 Å². The maximum absolute atomic E-state index is 12.1. The van der Waals surface area contributed by atoms with E-state index in [9.17, 15) is 4.79 Å². The van der Waals surface area contributed by atoms with Gasteiger partial charge in [-0.1, -0.05) is 24.3 Å². The number of benzene rings is 2. The van der Waals surface area contributed by atoms with Crippen molar-refractivity contribution in [3.05, 3.63) is 83.6 Å². The quantitative estimate of drug-likeness (QED) is 0.305. The number of aryl methyl sites for hydroxylation is 1. The number of hydrogen-bond donors (Lipinski definition) is 1. The molecule has 2 heterocycles. The highest BCUT2D eigenvalue weighted by Gasteiger charge is 2.14. The summed E-state index contributed by atoms with van der Waals surface area (Å²) in [5.74, 6) is 1.55. The van der Waals surface area contributed by atoms with Crippen molar-refractivity contribution in [2.24, 2.45) is 0 Å². The van der Waals surface area contributed by atoms with E-state index in [0.29, 0.717) is 12.1 Å². The van der Waals surface area contributed by atoms with Crippen LogP contribution in [0.15, 0.2) is 60.9 Å². The van der Waals surface area contributed by atoms with Crippen LogP contribution in [0, 0.1) is 0 Å². The number of carbonyl (C=O) groups is 1. The van der Waals surface area contributed by atoms with Crippen LogP contribution in [0.25, 0.3) is 5.65 Å². The Balaban J connectivity index is 1.42. The Morgan fingerprint density at radius 1 is 0.944 bits per heavy atom. The molecule has 0 aliphatic carbocycles. The molecule has 1 amide bonds. The van der Waals surface area contributed by atoms with Crippen LogP contribution in [0.2, 0.25) is 0 Å². The second-order valence-corrected chi connectivity index (χ2v) is 8.52. The van der Waals surface area contributed by atoms with Gasteiger partial charge in [0.05, 0.1) is 19.9 Å². The predicted molar refractivity (Wildman–Crippen MR) is 137 cm³/mol. The Bertz CT molecular complexity index is 1220. The van der Waals surface area contributed by atoms with Crippen molar-refractivity contribution in [3.8, 4) is 11.5 Å². The first-order valence-corrected chi connectivity index (χ1v) is 12.0. The van der Waals surface area contributed by atoms with Crippen LogP contribution in [-0.2, 0) is 19.5 Å². The van der Waals surface area contributed by atoms with Crippen molar-refractivity contribution in [1.82, 2.24) is 29.8 Å². The average Bonchev–Trinajstić information content (AvgIpc) is 3.40. The average molecular weight is 489 g/mol. The summed E-state index contributed by atoms with van der Waals surface area (Å²) < 4.78 is 12.2. The fourth-order valence-corrected chi connectivity index (χ4v) is 4.08. The number of nitrogens with one attached hydrogen (secondary N) is 1. The topological polar surface area (TPSA) is 93.9 Å². The molecule has 0 fully saturated rings. The number of nitrogens with zero attached hydrogens (tertiary/aromatic N) is 5. The summed E-state index contributed by atoms with van der Waals surface area (Å²) in [6.45, 7) is 2.57. The fraction of sp³-hybridized carbons (Fsp3) is 0.333. The summed E-state index contributed by atoms with van der Waals surface area (Å²) in [6.07, 6.45) is 6.00. The second kappa shape index (κ2) is 12.1. The van der Waals surface area contributed by atoms with E-state index in [0.717, 1.165) is 49.7 Å². The van der Waals surface area contributed by atoms with E-state index in [1.165, 1.54) is 11.1 Å². The molecule has 36 heavy (non-hydrogen) atoms.